The lowest BCUT2D eigenvalue weighted by atomic mass is 10.1. The number of aliphatic hydroxyl groups excluding tert-OH is 1. The number of aryl methyl sites for hydroxylation is 1. The molecule has 0 bridgehead atoms. The molecule has 5 heteroatoms. The van der Waals surface area contributed by atoms with E-state index in [0.29, 0.717) is 17.7 Å². The molecule has 20 heavy (non-hydrogen) atoms. The maximum atomic E-state index is 13.5. The van der Waals surface area contributed by atoms with Gasteiger partial charge in [0, 0.05) is 24.5 Å². The highest BCUT2D eigenvalue weighted by atomic mass is 19.1. The second-order valence-corrected chi connectivity index (χ2v) is 4.30. The summed E-state index contributed by atoms with van der Waals surface area (Å²) in [7, 11) is 0. The highest BCUT2D eigenvalue weighted by molar-refractivity contribution is 5.37. The third kappa shape index (κ3) is 3.16. The fourth-order valence-electron chi connectivity index (χ4n) is 1.97. The van der Waals surface area contributed by atoms with Crippen molar-refractivity contribution in [3.63, 3.8) is 0 Å². The van der Waals surface area contributed by atoms with Gasteiger partial charge in [0.15, 0.2) is 0 Å². The fraction of sp³-hybridized carbons (Fsp3) is 0.267. The van der Waals surface area contributed by atoms with Crippen molar-refractivity contribution in [1.29, 1.82) is 0 Å². The molecule has 1 aromatic heterocycles. The van der Waals surface area contributed by atoms with Crippen LogP contribution in [0.5, 0.6) is 0 Å². The van der Waals surface area contributed by atoms with E-state index in [9.17, 15) is 9.18 Å². The van der Waals surface area contributed by atoms with Crippen molar-refractivity contribution in [3.05, 3.63) is 58.0 Å². The van der Waals surface area contributed by atoms with E-state index < -0.39 is 5.82 Å². The van der Waals surface area contributed by atoms with Crippen LogP contribution in [0.15, 0.2) is 35.4 Å². The van der Waals surface area contributed by atoms with Crippen molar-refractivity contribution < 1.29 is 9.50 Å². The molecule has 0 amide bonds. The van der Waals surface area contributed by atoms with Gasteiger partial charge in [0.05, 0.1) is 6.54 Å². The Bertz CT molecular complexity index is 719. The Morgan fingerprint density at radius 2 is 2.00 bits per heavy atom. The summed E-state index contributed by atoms with van der Waals surface area (Å²) in [6.45, 7) is 2.50. The van der Waals surface area contributed by atoms with Crippen LogP contribution < -0.4 is 5.69 Å². The van der Waals surface area contributed by atoms with Crippen molar-refractivity contribution in [2.45, 2.75) is 20.0 Å². The van der Waals surface area contributed by atoms with Crippen molar-refractivity contribution in [2.75, 3.05) is 6.61 Å². The Hall–Kier alpha value is -2.32. The van der Waals surface area contributed by atoms with Crippen LogP contribution in [0.4, 0.5) is 4.39 Å². The summed E-state index contributed by atoms with van der Waals surface area (Å²) in [6, 6.07) is 4.38. The number of hydrogen-bond donors (Lipinski definition) is 1. The summed E-state index contributed by atoms with van der Waals surface area (Å²) in [5.74, 6) is 4.72. The Labute approximate surface area is 116 Å². The van der Waals surface area contributed by atoms with Crippen LogP contribution in [0.2, 0.25) is 0 Å². The Balaban J connectivity index is 2.31. The monoisotopic (exact) mass is 274 g/mol. The van der Waals surface area contributed by atoms with Crippen LogP contribution in [0.3, 0.4) is 0 Å². The lowest BCUT2D eigenvalue weighted by molar-refractivity contribution is 0.350. The SMILES string of the molecule is CCn1ccn(Cc2cc(F)cc(C#CCO)c2)c1=O. The molecule has 0 spiro atoms. The lowest BCUT2D eigenvalue weighted by Gasteiger charge is -2.04. The van der Waals surface area contributed by atoms with E-state index in [1.807, 2.05) is 6.92 Å². The zero-order chi connectivity index (χ0) is 14.5. The van der Waals surface area contributed by atoms with Gasteiger partial charge in [-0.15, -0.1) is 0 Å². The standard InChI is InChI=1S/C15H15FN2O2/c1-2-17-5-6-18(15(17)20)11-13-8-12(4-3-7-19)9-14(16)10-13/h5-6,8-10,19H,2,7,11H2,1H3. The highest BCUT2D eigenvalue weighted by Gasteiger charge is 2.05. The van der Waals surface area contributed by atoms with Crippen LogP contribution in [0, 0.1) is 17.7 Å². The maximum absolute atomic E-state index is 13.5. The first-order valence-corrected chi connectivity index (χ1v) is 6.28. The van der Waals surface area contributed by atoms with Gasteiger partial charge in [0.1, 0.15) is 12.4 Å². The van der Waals surface area contributed by atoms with Gasteiger partial charge >= 0.3 is 5.69 Å². The zero-order valence-corrected chi connectivity index (χ0v) is 11.1. The fourth-order valence-corrected chi connectivity index (χ4v) is 1.97. The van der Waals surface area contributed by atoms with Crippen LogP contribution >= 0.6 is 0 Å². The summed E-state index contributed by atoms with van der Waals surface area (Å²) < 4.78 is 16.6. The average Bonchev–Trinajstić information content (AvgIpc) is 2.77. The van der Waals surface area contributed by atoms with E-state index >= 15 is 0 Å². The third-order valence-electron chi connectivity index (χ3n) is 2.88. The highest BCUT2D eigenvalue weighted by Crippen LogP contribution is 2.09. The third-order valence-corrected chi connectivity index (χ3v) is 2.88. The number of aliphatic hydroxyl groups is 1. The van der Waals surface area contributed by atoms with Gasteiger partial charge in [-0.1, -0.05) is 11.8 Å². The number of halogens is 1. The molecule has 1 aromatic carbocycles. The average molecular weight is 274 g/mol. The van der Waals surface area contributed by atoms with E-state index in [-0.39, 0.29) is 18.8 Å². The van der Waals surface area contributed by atoms with E-state index in [1.165, 1.54) is 16.7 Å². The number of rotatable bonds is 3. The molecule has 0 fully saturated rings. The molecule has 0 radical (unpaired) electrons. The number of benzene rings is 1. The first-order chi connectivity index (χ1) is 9.63. The molecular formula is C15H15FN2O2. The van der Waals surface area contributed by atoms with Crippen molar-refractivity contribution in [1.82, 2.24) is 9.13 Å². The first kappa shape index (κ1) is 14.1. The van der Waals surface area contributed by atoms with Crippen molar-refractivity contribution >= 4 is 0 Å². The normalized spacial score (nSPS) is 10.2. The summed E-state index contributed by atoms with van der Waals surface area (Å²) >= 11 is 0. The second-order valence-electron chi connectivity index (χ2n) is 4.30. The smallest absolute Gasteiger partial charge is 0.328 e. The second kappa shape index (κ2) is 6.22. The Morgan fingerprint density at radius 1 is 1.25 bits per heavy atom. The maximum Gasteiger partial charge on any atom is 0.328 e. The minimum Gasteiger partial charge on any atom is -0.384 e. The molecule has 2 aromatic rings. The summed E-state index contributed by atoms with van der Waals surface area (Å²) in [5, 5.41) is 8.65. The predicted molar refractivity (Wildman–Crippen MR) is 73.8 cm³/mol. The van der Waals surface area contributed by atoms with E-state index in [2.05, 4.69) is 11.8 Å². The summed E-state index contributed by atoms with van der Waals surface area (Å²) in [6.07, 6.45) is 3.38. The van der Waals surface area contributed by atoms with Gasteiger partial charge in [-0.3, -0.25) is 9.13 Å². The zero-order valence-electron chi connectivity index (χ0n) is 11.1. The molecule has 4 nitrogen and oxygen atoms in total. The van der Waals surface area contributed by atoms with Crippen LogP contribution in [-0.2, 0) is 13.1 Å². The largest absolute Gasteiger partial charge is 0.384 e. The van der Waals surface area contributed by atoms with Gasteiger partial charge < -0.3 is 5.11 Å². The molecule has 0 aliphatic rings. The number of nitrogens with zero attached hydrogens (tertiary/aromatic N) is 2. The van der Waals surface area contributed by atoms with Gasteiger partial charge in [-0.05, 0) is 30.7 Å². The van der Waals surface area contributed by atoms with E-state index in [4.69, 9.17) is 5.11 Å². The quantitative estimate of drug-likeness (QED) is 0.855. The van der Waals surface area contributed by atoms with Crippen molar-refractivity contribution in [2.24, 2.45) is 0 Å². The molecule has 1 N–H and O–H groups in total. The lowest BCUT2D eigenvalue weighted by Crippen LogP contribution is -2.23. The van der Waals surface area contributed by atoms with Gasteiger partial charge in [-0.2, -0.15) is 0 Å². The molecule has 1 heterocycles. The molecule has 104 valence electrons. The molecule has 0 aliphatic carbocycles. The Morgan fingerprint density at radius 3 is 2.65 bits per heavy atom. The number of hydrogen-bond acceptors (Lipinski definition) is 2. The predicted octanol–water partition coefficient (Wildman–Crippen LogP) is 1.20. The molecule has 2 rings (SSSR count). The summed E-state index contributed by atoms with van der Waals surface area (Å²) in [5.41, 5.74) is 1.01. The molecule has 0 unspecified atom stereocenters. The Kier molecular flexibility index (Phi) is 4.38. The molecule has 0 saturated carbocycles. The van der Waals surface area contributed by atoms with E-state index in [0.717, 1.165) is 0 Å². The van der Waals surface area contributed by atoms with Gasteiger partial charge in [0.25, 0.3) is 0 Å². The topological polar surface area (TPSA) is 47.2 Å². The van der Waals surface area contributed by atoms with Crippen LogP contribution in [-0.4, -0.2) is 20.8 Å². The molecule has 0 saturated heterocycles. The summed E-state index contributed by atoms with van der Waals surface area (Å²) in [4.78, 5) is 11.9. The molecule has 0 aliphatic heterocycles. The van der Waals surface area contributed by atoms with Crippen molar-refractivity contribution in [3.8, 4) is 11.8 Å². The number of imidazole rings is 1. The van der Waals surface area contributed by atoms with Gasteiger partial charge in [-0.25, -0.2) is 9.18 Å². The molecular weight excluding hydrogens is 259 g/mol. The van der Waals surface area contributed by atoms with Crippen LogP contribution in [0.25, 0.3) is 0 Å². The minimum atomic E-state index is -0.410. The van der Waals surface area contributed by atoms with Crippen LogP contribution in [0.1, 0.15) is 18.1 Å². The molecule has 0 atom stereocenters. The minimum absolute atomic E-state index is 0.125. The van der Waals surface area contributed by atoms with E-state index in [1.54, 1.807) is 23.0 Å². The van der Waals surface area contributed by atoms with Gasteiger partial charge in [0.2, 0.25) is 0 Å². The number of aromatic nitrogens is 2. The first-order valence-electron chi connectivity index (χ1n) is 6.28.